The van der Waals surface area contributed by atoms with E-state index in [2.05, 4.69) is 34.8 Å². The van der Waals surface area contributed by atoms with Gasteiger partial charge in [0, 0.05) is 23.8 Å². The number of hydrogen-bond acceptors (Lipinski definition) is 2. The van der Waals surface area contributed by atoms with Gasteiger partial charge in [-0.15, -0.1) is 0 Å². The molecule has 0 aliphatic rings. The van der Waals surface area contributed by atoms with Gasteiger partial charge in [-0.3, -0.25) is 4.79 Å². The van der Waals surface area contributed by atoms with E-state index < -0.39 is 0 Å². The molecule has 1 aromatic heterocycles. The number of nitrogens with zero attached hydrogens (tertiary/aromatic N) is 2. The van der Waals surface area contributed by atoms with Crippen molar-refractivity contribution < 1.29 is 4.79 Å². The fourth-order valence-corrected chi connectivity index (χ4v) is 2.28. The van der Waals surface area contributed by atoms with Gasteiger partial charge < -0.3 is 4.90 Å². The molecular weight excluding hydrogens is 304 g/mol. The van der Waals surface area contributed by atoms with Crippen LogP contribution >= 0.6 is 27.5 Å². The molecule has 0 aliphatic heterocycles. The van der Waals surface area contributed by atoms with Crippen molar-refractivity contribution in [2.24, 2.45) is 0 Å². The third-order valence-corrected chi connectivity index (χ3v) is 3.58. The summed E-state index contributed by atoms with van der Waals surface area (Å²) in [5.41, 5.74) is 0.440. The Labute approximate surface area is 115 Å². The molecule has 1 heterocycles. The molecule has 0 atom stereocenters. The molecule has 0 fully saturated rings. The Morgan fingerprint density at radius 2 is 2.12 bits per heavy atom. The minimum atomic E-state index is -0.0856. The molecule has 1 amide bonds. The highest BCUT2D eigenvalue weighted by Crippen LogP contribution is 2.21. The molecule has 1 rings (SSSR count). The molecule has 94 valence electrons. The van der Waals surface area contributed by atoms with Crippen LogP contribution < -0.4 is 0 Å². The van der Waals surface area contributed by atoms with Crippen molar-refractivity contribution in [2.45, 2.75) is 32.7 Å². The summed E-state index contributed by atoms with van der Waals surface area (Å²) in [5, 5.41) is 0.246. The van der Waals surface area contributed by atoms with Crippen molar-refractivity contribution in [1.82, 2.24) is 9.88 Å². The van der Waals surface area contributed by atoms with Crippen LogP contribution in [0.4, 0.5) is 0 Å². The molecule has 0 unspecified atom stereocenters. The highest BCUT2D eigenvalue weighted by Gasteiger charge is 2.21. The first-order chi connectivity index (χ1) is 8.01. The van der Waals surface area contributed by atoms with E-state index in [9.17, 15) is 4.79 Å². The summed E-state index contributed by atoms with van der Waals surface area (Å²) in [5.74, 6) is -0.0856. The van der Waals surface area contributed by atoms with Gasteiger partial charge in [-0.1, -0.05) is 25.4 Å². The predicted octanol–water partition coefficient (Wildman–Crippen LogP) is 3.76. The lowest BCUT2D eigenvalue weighted by Gasteiger charge is -2.26. The van der Waals surface area contributed by atoms with Gasteiger partial charge >= 0.3 is 0 Å². The first-order valence-electron chi connectivity index (χ1n) is 5.59. The fourth-order valence-electron chi connectivity index (χ4n) is 1.76. The molecule has 0 saturated carbocycles. The average Bonchev–Trinajstić information content (AvgIpc) is 2.32. The smallest absolute Gasteiger partial charge is 0.257 e. The van der Waals surface area contributed by atoms with E-state index in [1.54, 1.807) is 24.2 Å². The Morgan fingerprint density at radius 3 is 2.65 bits per heavy atom. The molecule has 0 aliphatic carbocycles. The van der Waals surface area contributed by atoms with Gasteiger partial charge in [0.1, 0.15) is 5.15 Å². The lowest BCUT2D eigenvalue weighted by Crippen LogP contribution is -2.36. The maximum Gasteiger partial charge on any atom is 0.257 e. The maximum absolute atomic E-state index is 12.3. The average molecular weight is 320 g/mol. The van der Waals surface area contributed by atoms with Crippen molar-refractivity contribution in [1.29, 1.82) is 0 Å². The van der Waals surface area contributed by atoms with Crippen molar-refractivity contribution in [3.05, 3.63) is 27.5 Å². The zero-order valence-corrected chi connectivity index (χ0v) is 12.5. The molecular formula is C12H16BrClN2O. The molecule has 0 radical (unpaired) electrons. The van der Waals surface area contributed by atoms with Crippen molar-refractivity contribution in [3.8, 4) is 0 Å². The van der Waals surface area contributed by atoms with E-state index in [-0.39, 0.29) is 17.1 Å². The summed E-state index contributed by atoms with van der Waals surface area (Å²) >= 11 is 9.24. The van der Waals surface area contributed by atoms with Crippen LogP contribution in [-0.2, 0) is 0 Å². The van der Waals surface area contributed by atoms with E-state index in [0.717, 1.165) is 17.3 Å². The summed E-state index contributed by atoms with van der Waals surface area (Å²) < 4.78 is 0.753. The topological polar surface area (TPSA) is 33.2 Å². The third-order valence-electron chi connectivity index (χ3n) is 2.85. The number of halogens is 2. The fraction of sp³-hybridized carbons (Fsp3) is 0.500. The molecule has 17 heavy (non-hydrogen) atoms. The summed E-state index contributed by atoms with van der Waals surface area (Å²) in [6, 6.07) is 1.94. The van der Waals surface area contributed by atoms with Gasteiger partial charge in [0.2, 0.25) is 0 Å². The van der Waals surface area contributed by atoms with Gasteiger partial charge in [-0.25, -0.2) is 4.98 Å². The molecule has 1 aromatic rings. The Bertz CT molecular complexity index is 407. The molecule has 0 N–H and O–H groups in total. The van der Waals surface area contributed by atoms with Crippen LogP contribution in [0.5, 0.6) is 0 Å². The van der Waals surface area contributed by atoms with Crippen LogP contribution in [0.15, 0.2) is 16.7 Å². The molecule has 5 heteroatoms. The Hall–Kier alpha value is -0.610. The van der Waals surface area contributed by atoms with E-state index in [1.807, 2.05) is 0 Å². The zero-order chi connectivity index (χ0) is 13.0. The Kier molecular flexibility index (Phi) is 5.40. The number of carbonyl (C=O) groups is 1. The Balaban J connectivity index is 2.99. The van der Waals surface area contributed by atoms with E-state index in [0.29, 0.717) is 5.56 Å². The maximum atomic E-state index is 12.3. The normalized spacial score (nSPS) is 10.7. The van der Waals surface area contributed by atoms with Crippen molar-refractivity contribution in [2.75, 3.05) is 7.05 Å². The number of pyridine rings is 1. The quantitative estimate of drug-likeness (QED) is 0.792. The second-order valence-corrected chi connectivity index (χ2v) is 5.15. The summed E-state index contributed by atoms with van der Waals surface area (Å²) in [4.78, 5) is 18.0. The van der Waals surface area contributed by atoms with Crippen LogP contribution in [0.2, 0.25) is 5.15 Å². The Morgan fingerprint density at radius 1 is 1.53 bits per heavy atom. The molecule has 0 spiro atoms. The molecule has 0 bridgehead atoms. The monoisotopic (exact) mass is 318 g/mol. The number of aromatic nitrogens is 1. The van der Waals surface area contributed by atoms with E-state index in [4.69, 9.17) is 11.6 Å². The lowest BCUT2D eigenvalue weighted by atomic mass is 10.1. The van der Waals surface area contributed by atoms with Gasteiger partial charge in [0.15, 0.2) is 0 Å². The number of rotatable bonds is 4. The first kappa shape index (κ1) is 14.5. The van der Waals surface area contributed by atoms with E-state index >= 15 is 0 Å². The van der Waals surface area contributed by atoms with Crippen LogP contribution in [0, 0.1) is 0 Å². The molecule has 3 nitrogen and oxygen atoms in total. The third kappa shape index (κ3) is 3.42. The van der Waals surface area contributed by atoms with Crippen molar-refractivity contribution in [3.63, 3.8) is 0 Å². The highest BCUT2D eigenvalue weighted by molar-refractivity contribution is 9.10. The second kappa shape index (κ2) is 6.36. The van der Waals surface area contributed by atoms with Gasteiger partial charge in [-0.2, -0.15) is 0 Å². The van der Waals surface area contributed by atoms with Crippen LogP contribution in [0.25, 0.3) is 0 Å². The summed E-state index contributed by atoms with van der Waals surface area (Å²) in [6.45, 7) is 4.14. The van der Waals surface area contributed by atoms with Gasteiger partial charge in [-0.05, 0) is 34.8 Å². The van der Waals surface area contributed by atoms with E-state index in [1.165, 1.54) is 0 Å². The van der Waals surface area contributed by atoms with Crippen LogP contribution in [0.3, 0.4) is 0 Å². The summed E-state index contributed by atoms with van der Waals surface area (Å²) in [6.07, 6.45) is 3.44. The van der Waals surface area contributed by atoms with Gasteiger partial charge in [0.25, 0.3) is 5.91 Å². The minimum Gasteiger partial charge on any atom is -0.339 e. The summed E-state index contributed by atoms with van der Waals surface area (Å²) in [7, 11) is 1.80. The van der Waals surface area contributed by atoms with Crippen molar-refractivity contribution >= 4 is 33.4 Å². The molecule has 0 aromatic carbocycles. The zero-order valence-electron chi connectivity index (χ0n) is 10.2. The largest absolute Gasteiger partial charge is 0.339 e. The predicted molar refractivity (Wildman–Crippen MR) is 73.4 cm³/mol. The lowest BCUT2D eigenvalue weighted by molar-refractivity contribution is 0.0723. The first-order valence-corrected chi connectivity index (χ1v) is 6.76. The molecule has 0 saturated heterocycles. The number of amides is 1. The van der Waals surface area contributed by atoms with Crippen LogP contribution in [0.1, 0.15) is 37.0 Å². The minimum absolute atomic E-state index is 0.0856. The van der Waals surface area contributed by atoms with Gasteiger partial charge in [0.05, 0.1) is 5.56 Å². The SMILES string of the molecule is CCC(CC)N(C)C(=O)c1cc(Br)cnc1Cl. The van der Waals surface area contributed by atoms with Crippen LogP contribution in [-0.4, -0.2) is 28.9 Å². The standard InChI is InChI=1S/C12H16BrClN2O/c1-4-9(5-2)16(3)12(17)10-6-8(13)7-15-11(10)14/h6-7,9H,4-5H2,1-3H3. The number of carbonyl (C=O) groups excluding carboxylic acids is 1. The number of hydrogen-bond donors (Lipinski definition) is 0. The second-order valence-electron chi connectivity index (χ2n) is 3.88. The highest BCUT2D eigenvalue weighted by atomic mass is 79.9.